The number of rotatable bonds is 6. The van der Waals surface area contributed by atoms with Gasteiger partial charge in [0, 0.05) is 16.8 Å². The molecule has 0 bridgehead atoms. The van der Waals surface area contributed by atoms with Gasteiger partial charge >= 0.3 is 0 Å². The van der Waals surface area contributed by atoms with Crippen molar-refractivity contribution in [3.63, 3.8) is 0 Å². The van der Waals surface area contributed by atoms with E-state index in [4.69, 9.17) is 0 Å². The van der Waals surface area contributed by atoms with Gasteiger partial charge in [0.05, 0.1) is 0 Å². The molecule has 1 saturated carbocycles. The fourth-order valence-electron chi connectivity index (χ4n) is 2.52. The van der Waals surface area contributed by atoms with E-state index in [0.29, 0.717) is 10.9 Å². The van der Waals surface area contributed by atoms with Gasteiger partial charge in [0.2, 0.25) is 5.91 Å². The Morgan fingerprint density at radius 3 is 2.65 bits per heavy atom. The van der Waals surface area contributed by atoms with Crippen molar-refractivity contribution in [3.8, 4) is 0 Å². The Balaban J connectivity index is 2.39. The van der Waals surface area contributed by atoms with Crippen LogP contribution in [0.15, 0.2) is 0 Å². The third-order valence-corrected chi connectivity index (χ3v) is 4.88. The van der Waals surface area contributed by atoms with Crippen LogP contribution < -0.4 is 5.32 Å². The molecule has 0 aromatic rings. The van der Waals surface area contributed by atoms with Gasteiger partial charge in [-0.1, -0.05) is 55.5 Å². The van der Waals surface area contributed by atoms with Gasteiger partial charge in [-0.05, 0) is 25.7 Å². The van der Waals surface area contributed by atoms with Gasteiger partial charge in [-0.2, -0.15) is 0 Å². The second-order valence-corrected chi connectivity index (χ2v) is 6.34. The van der Waals surface area contributed by atoms with Crippen molar-refractivity contribution in [3.05, 3.63) is 0 Å². The van der Waals surface area contributed by atoms with E-state index in [-0.39, 0.29) is 11.8 Å². The Morgan fingerprint density at radius 2 is 2.06 bits per heavy atom. The third-order valence-electron chi connectivity index (χ3n) is 3.78. The number of unbranched alkanes of at least 4 members (excludes halogenated alkanes) is 1. The minimum Gasteiger partial charge on any atom is -0.352 e. The Bertz CT molecular complexity index is 232. The number of carbonyl (C=O) groups excluding carboxylic acids is 1. The Hall–Kier alpha value is -0.0500. The maximum atomic E-state index is 12.2. The molecule has 3 heteroatoms. The van der Waals surface area contributed by atoms with Crippen LogP contribution in [0.2, 0.25) is 0 Å². The SMILES string of the molecule is CCCCC(CC)C(=O)NC1CCCCC1Br. The van der Waals surface area contributed by atoms with Crippen molar-refractivity contribution >= 4 is 21.8 Å². The summed E-state index contributed by atoms with van der Waals surface area (Å²) in [6.07, 6.45) is 9.20. The first-order valence-corrected chi connectivity index (χ1v) is 8.05. The van der Waals surface area contributed by atoms with Crippen molar-refractivity contribution in [1.29, 1.82) is 0 Å². The van der Waals surface area contributed by atoms with Gasteiger partial charge < -0.3 is 5.32 Å². The zero-order valence-electron chi connectivity index (χ0n) is 11.2. The molecule has 0 radical (unpaired) electrons. The zero-order chi connectivity index (χ0) is 12.7. The number of halogens is 1. The lowest BCUT2D eigenvalue weighted by Gasteiger charge is -2.29. The molecule has 1 rings (SSSR count). The molecular weight excluding hydrogens is 278 g/mol. The van der Waals surface area contributed by atoms with Crippen molar-refractivity contribution in [1.82, 2.24) is 5.32 Å². The van der Waals surface area contributed by atoms with Gasteiger partial charge in [0.1, 0.15) is 0 Å². The highest BCUT2D eigenvalue weighted by Crippen LogP contribution is 2.25. The van der Waals surface area contributed by atoms with E-state index in [0.717, 1.165) is 25.7 Å². The number of amides is 1. The van der Waals surface area contributed by atoms with E-state index in [1.807, 2.05) is 0 Å². The largest absolute Gasteiger partial charge is 0.352 e. The Labute approximate surface area is 114 Å². The van der Waals surface area contributed by atoms with Gasteiger partial charge in [0.15, 0.2) is 0 Å². The predicted molar refractivity (Wildman–Crippen MR) is 76.4 cm³/mol. The molecule has 1 aliphatic carbocycles. The molecule has 3 atom stereocenters. The highest BCUT2D eigenvalue weighted by Gasteiger charge is 2.26. The van der Waals surface area contributed by atoms with Crippen molar-refractivity contribution in [2.75, 3.05) is 0 Å². The summed E-state index contributed by atoms with van der Waals surface area (Å²) < 4.78 is 0. The molecule has 0 aromatic carbocycles. The summed E-state index contributed by atoms with van der Waals surface area (Å²) in [5, 5.41) is 3.24. The smallest absolute Gasteiger partial charge is 0.223 e. The molecule has 3 unspecified atom stereocenters. The van der Waals surface area contributed by atoms with Crippen molar-refractivity contribution in [2.24, 2.45) is 5.92 Å². The monoisotopic (exact) mass is 303 g/mol. The van der Waals surface area contributed by atoms with E-state index in [2.05, 4.69) is 35.1 Å². The van der Waals surface area contributed by atoms with E-state index in [1.54, 1.807) is 0 Å². The summed E-state index contributed by atoms with van der Waals surface area (Å²) in [4.78, 5) is 12.6. The molecule has 1 aliphatic rings. The fourth-order valence-corrected chi connectivity index (χ4v) is 3.24. The summed E-state index contributed by atoms with van der Waals surface area (Å²) >= 11 is 3.69. The normalized spacial score (nSPS) is 26.5. The molecule has 1 N–H and O–H groups in total. The zero-order valence-corrected chi connectivity index (χ0v) is 12.8. The van der Waals surface area contributed by atoms with Crippen molar-refractivity contribution < 1.29 is 4.79 Å². The van der Waals surface area contributed by atoms with Crippen LogP contribution in [0.5, 0.6) is 0 Å². The number of carbonyl (C=O) groups is 1. The van der Waals surface area contributed by atoms with Gasteiger partial charge in [-0.3, -0.25) is 4.79 Å². The lowest BCUT2D eigenvalue weighted by atomic mass is 9.93. The molecule has 0 spiro atoms. The van der Waals surface area contributed by atoms with E-state index >= 15 is 0 Å². The maximum Gasteiger partial charge on any atom is 0.223 e. The minimum absolute atomic E-state index is 0.219. The standard InChI is InChI=1S/C14H26BrNO/c1-3-5-8-11(4-2)14(17)16-13-10-7-6-9-12(13)15/h11-13H,3-10H2,1-2H3,(H,16,17). The minimum atomic E-state index is 0.219. The van der Waals surface area contributed by atoms with E-state index in [9.17, 15) is 4.79 Å². The Kier molecular flexibility index (Phi) is 7.17. The van der Waals surface area contributed by atoms with Crippen LogP contribution in [-0.4, -0.2) is 16.8 Å². The van der Waals surface area contributed by atoms with Crippen LogP contribution in [0.1, 0.15) is 65.2 Å². The second kappa shape index (κ2) is 8.12. The van der Waals surface area contributed by atoms with Crippen LogP contribution in [0.4, 0.5) is 0 Å². The van der Waals surface area contributed by atoms with Crippen LogP contribution in [-0.2, 0) is 4.79 Å². The van der Waals surface area contributed by atoms with Gasteiger partial charge in [0.25, 0.3) is 0 Å². The molecule has 17 heavy (non-hydrogen) atoms. The first-order chi connectivity index (χ1) is 8.19. The molecule has 0 aromatic heterocycles. The average Bonchev–Trinajstić information content (AvgIpc) is 2.33. The predicted octanol–water partition coefficient (Wildman–Crippen LogP) is 4.03. The maximum absolute atomic E-state index is 12.2. The van der Waals surface area contributed by atoms with Crippen LogP contribution in [0, 0.1) is 5.92 Å². The summed E-state index contributed by atoms with van der Waals surface area (Å²) in [6, 6.07) is 0.354. The third kappa shape index (κ3) is 4.99. The summed E-state index contributed by atoms with van der Waals surface area (Å²) in [7, 11) is 0. The summed E-state index contributed by atoms with van der Waals surface area (Å²) in [6.45, 7) is 4.30. The first kappa shape index (κ1) is 15.0. The number of alkyl halides is 1. The van der Waals surface area contributed by atoms with E-state index in [1.165, 1.54) is 25.7 Å². The highest BCUT2D eigenvalue weighted by molar-refractivity contribution is 9.09. The fraction of sp³-hybridized carbons (Fsp3) is 0.929. The molecule has 0 aliphatic heterocycles. The van der Waals surface area contributed by atoms with Crippen molar-refractivity contribution in [2.45, 2.75) is 76.1 Å². The molecule has 1 fully saturated rings. The number of hydrogen-bond donors (Lipinski definition) is 1. The van der Waals surface area contributed by atoms with Crippen LogP contribution in [0.25, 0.3) is 0 Å². The summed E-state index contributed by atoms with van der Waals surface area (Å²) in [5.41, 5.74) is 0. The van der Waals surface area contributed by atoms with Crippen LogP contribution in [0.3, 0.4) is 0 Å². The number of hydrogen-bond acceptors (Lipinski definition) is 1. The first-order valence-electron chi connectivity index (χ1n) is 7.13. The number of nitrogens with one attached hydrogen (secondary N) is 1. The van der Waals surface area contributed by atoms with Crippen LogP contribution >= 0.6 is 15.9 Å². The molecule has 2 nitrogen and oxygen atoms in total. The topological polar surface area (TPSA) is 29.1 Å². The summed E-state index contributed by atoms with van der Waals surface area (Å²) in [5.74, 6) is 0.494. The quantitative estimate of drug-likeness (QED) is 0.738. The van der Waals surface area contributed by atoms with E-state index < -0.39 is 0 Å². The molecule has 0 saturated heterocycles. The van der Waals surface area contributed by atoms with Gasteiger partial charge in [-0.15, -0.1) is 0 Å². The lowest BCUT2D eigenvalue weighted by Crippen LogP contribution is -2.45. The van der Waals surface area contributed by atoms with Gasteiger partial charge in [-0.25, -0.2) is 0 Å². The molecule has 0 heterocycles. The molecule has 100 valence electrons. The average molecular weight is 304 g/mol. The molecule has 1 amide bonds. The molecular formula is C14H26BrNO. The second-order valence-electron chi connectivity index (χ2n) is 5.16. The highest BCUT2D eigenvalue weighted by atomic mass is 79.9. The lowest BCUT2D eigenvalue weighted by molar-refractivity contribution is -0.126. The Morgan fingerprint density at radius 1 is 1.35 bits per heavy atom.